The van der Waals surface area contributed by atoms with Crippen LogP contribution in [0.3, 0.4) is 0 Å². The highest BCUT2D eigenvalue weighted by atomic mass is 19.4. The normalized spacial score (nSPS) is 15.8. The summed E-state index contributed by atoms with van der Waals surface area (Å²) in [4.78, 5) is 35.1. The van der Waals surface area contributed by atoms with Crippen LogP contribution in [0, 0.1) is 0 Å². The lowest BCUT2D eigenvalue weighted by Gasteiger charge is -2.34. The Morgan fingerprint density at radius 2 is 1.63 bits per heavy atom. The van der Waals surface area contributed by atoms with E-state index in [1.165, 1.54) is 6.07 Å². The highest BCUT2D eigenvalue weighted by Gasteiger charge is 2.33. The van der Waals surface area contributed by atoms with Gasteiger partial charge in [0.1, 0.15) is 6.61 Å². The predicted octanol–water partition coefficient (Wildman–Crippen LogP) is 6.33. The van der Waals surface area contributed by atoms with Crippen LogP contribution in [0.5, 0.6) is 0 Å². The monoisotopic (exact) mass is 628 g/mol. The molecule has 46 heavy (non-hydrogen) atoms. The van der Waals surface area contributed by atoms with Crippen LogP contribution < -0.4 is 20.9 Å². The summed E-state index contributed by atoms with van der Waals surface area (Å²) in [5, 5.41) is 12.8. The molecule has 0 radical (unpaired) electrons. The lowest BCUT2D eigenvalue weighted by atomic mass is 10.1. The van der Waals surface area contributed by atoms with E-state index in [1.54, 1.807) is 42.5 Å². The van der Waals surface area contributed by atoms with Gasteiger partial charge in [0.2, 0.25) is 0 Å². The van der Waals surface area contributed by atoms with E-state index < -0.39 is 17.6 Å². The zero-order chi connectivity index (χ0) is 32.3. The number of nitrogens with zero attached hydrogens (tertiary/aromatic N) is 3. The van der Waals surface area contributed by atoms with Crippen LogP contribution in [0.1, 0.15) is 27.0 Å². The third-order valence-corrected chi connectivity index (χ3v) is 7.75. The van der Waals surface area contributed by atoms with Crippen molar-refractivity contribution in [1.29, 1.82) is 0 Å². The number of alkyl halides is 3. The molecule has 0 aromatic heterocycles. The molecule has 0 unspecified atom stereocenters. The van der Waals surface area contributed by atoms with Crippen LogP contribution >= 0.6 is 0 Å². The van der Waals surface area contributed by atoms with Crippen molar-refractivity contribution in [2.75, 3.05) is 54.1 Å². The standard InChI is InChI=1S/C34H31F3N6O3/c1-42-12-14-43(15-13-42)28-17-23(16-24(18-28)34(35,36)37)32(44)39-26-9-5-8-25(19-26)38-27-10-11-29-30(20-27)40-33(45)31(29)41-46-21-22-6-3-2-4-7-22/h2-11,16-20,38H,12-15,21H2,1H3,(H,39,44)(H,40,41,45). The minimum absolute atomic E-state index is 0.0818. The van der Waals surface area contributed by atoms with Crippen molar-refractivity contribution in [2.24, 2.45) is 5.16 Å². The number of rotatable bonds is 8. The molecule has 3 N–H and O–H groups in total. The Hall–Kier alpha value is -5.36. The number of nitrogens with one attached hydrogen (secondary N) is 3. The molecule has 0 atom stereocenters. The number of carbonyl (C=O) groups excluding carboxylic acids is 2. The van der Waals surface area contributed by atoms with Crippen LogP contribution in [0.15, 0.2) is 96.2 Å². The summed E-state index contributed by atoms with van der Waals surface area (Å²) in [6, 6.07) is 25.0. The first kappa shape index (κ1) is 30.7. The van der Waals surface area contributed by atoms with Gasteiger partial charge in [-0.3, -0.25) is 9.59 Å². The molecule has 4 aromatic rings. The quantitative estimate of drug-likeness (QED) is 0.198. The number of amides is 2. The van der Waals surface area contributed by atoms with E-state index in [1.807, 2.05) is 42.3 Å². The van der Waals surface area contributed by atoms with Crippen LogP contribution in [0.2, 0.25) is 0 Å². The number of piperazine rings is 1. The molecule has 12 heteroatoms. The van der Waals surface area contributed by atoms with E-state index >= 15 is 0 Å². The summed E-state index contributed by atoms with van der Waals surface area (Å²) in [5.41, 5.74) is 3.33. The van der Waals surface area contributed by atoms with Crippen molar-refractivity contribution >= 4 is 46.0 Å². The molecular weight excluding hydrogens is 597 g/mol. The average Bonchev–Trinajstić information content (AvgIpc) is 3.35. The number of anilines is 5. The topological polar surface area (TPSA) is 98.3 Å². The molecule has 2 aliphatic rings. The second-order valence-corrected chi connectivity index (χ2v) is 11.1. The maximum Gasteiger partial charge on any atom is 0.416 e. The van der Waals surface area contributed by atoms with E-state index in [0.29, 0.717) is 60.2 Å². The molecule has 4 aromatic carbocycles. The number of likely N-dealkylation sites (N-methyl/N-ethyl adjacent to an activating group) is 1. The van der Waals surface area contributed by atoms with Gasteiger partial charge < -0.3 is 30.6 Å². The maximum atomic E-state index is 13.8. The molecule has 1 saturated heterocycles. The van der Waals surface area contributed by atoms with Crippen molar-refractivity contribution in [3.63, 3.8) is 0 Å². The summed E-state index contributed by atoms with van der Waals surface area (Å²) in [7, 11) is 1.96. The number of halogens is 3. The highest BCUT2D eigenvalue weighted by Crippen LogP contribution is 2.34. The van der Waals surface area contributed by atoms with Crippen molar-refractivity contribution in [3.8, 4) is 0 Å². The van der Waals surface area contributed by atoms with Crippen LogP contribution in [-0.2, 0) is 22.4 Å². The Morgan fingerprint density at radius 3 is 2.39 bits per heavy atom. The van der Waals surface area contributed by atoms with Gasteiger partial charge in [-0.25, -0.2) is 0 Å². The first-order chi connectivity index (χ1) is 22.1. The van der Waals surface area contributed by atoms with E-state index in [4.69, 9.17) is 4.84 Å². The average molecular weight is 629 g/mol. The third kappa shape index (κ3) is 7.13. The van der Waals surface area contributed by atoms with Gasteiger partial charge in [0.15, 0.2) is 5.71 Å². The fourth-order valence-electron chi connectivity index (χ4n) is 5.27. The molecule has 0 saturated carbocycles. The smallest absolute Gasteiger partial charge is 0.390 e. The van der Waals surface area contributed by atoms with Gasteiger partial charge in [-0.1, -0.05) is 41.6 Å². The van der Waals surface area contributed by atoms with Gasteiger partial charge in [0.05, 0.1) is 11.3 Å². The van der Waals surface area contributed by atoms with Gasteiger partial charge in [-0.15, -0.1) is 0 Å². The summed E-state index contributed by atoms with van der Waals surface area (Å²) >= 11 is 0. The predicted molar refractivity (Wildman–Crippen MR) is 172 cm³/mol. The molecule has 0 bridgehead atoms. The molecule has 2 heterocycles. The maximum absolute atomic E-state index is 13.8. The Kier molecular flexibility index (Phi) is 8.62. The Bertz CT molecular complexity index is 1790. The minimum Gasteiger partial charge on any atom is -0.390 e. The van der Waals surface area contributed by atoms with Crippen molar-refractivity contribution in [1.82, 2.24) is 4.90 Å². The fraction of sp³-hybridized carbons (Fsp3) is 0.206. The van der Waals surface area contributed by atoms with Gasteiger partial charge in [-0.2, -0.15) is 13.2 Å². The third-order valence-electron chi connectivity index (χ3n) is 7.75. The fourth-order valence-corrected chi connectivity index (χ4v) is 5.27. The second kappa shape index (κ2) is 12.9. The SMILES string of the molecule is CN1CCN(c2cc(C(=O)Nc3cccc(Nc4ccc5c(c4)NC(=O)/C5=N\OCc4ccccc4)c3)cc(C(F)(F)F)c2)CC1. The zero-order valence-electron chi connectivity index (χ0n) is 24.9. The van der Waals surface area contributed by atoms with Crippen molar-refractivity contribution in [2.45, 2.75) is 12.8 Å². The number of benzene rings is 4. The van der Waals surface area contributed by atoms with E-state index in [9.17, 15) is 22.8 Å². The Labute approximate surface area is 263 Å². The molecule has 2 aliphatic heterocycles. The first-order valence-corrected chi connectivity index (χ1v) is 14.7. The molecule has 1 fully saturated rings. The van der Waals surface area contributed by atoms with Crippen molar-refractivity contribution in [3.05, 3.63) is 113 Å². The lowest BCUT2D eigenvalue weighted by molar-refractivity contribution is -0.137. The summed E-state index contributed by atoms with van der Waals surface area (Å²) < 4.78 is 41.3. The van der Waals surface area contributed by atoms with Gasteiger partial charge in [0.25, 0.3) is 11.8 Å². The lowest BCUT2D eigenvalue weighted by Crippen LogP contribution is -2.44. The number of hydrogen-bond acceptors (Lipinski definition) is 7. The van der Waals surface area contributed by atoms with E-state index in [0.717, 1.165) is 17.7 Å². The van der Waals surface area contributed by atoms with E-state index in [2.05, 4.69) is 26.0 Å². The Balaban J connectivity index is 1.15. The second-order valence-electron chi connectivity index (χ2n) is 11.1. The first-order valence-electron chi connectivity index (χ1n) is 14.7. The minimum atomic E-state index is -4.60. The molecule has 9 nitrogen and oxygen atoms in total. The molecule has 0 aliphatic carbocycles. The summed E-state index contributed by atoms with van der Waals surface area (Å²) in [5.74, 6) is -1.03. The number of oxime groups is 1. The molecule has 236 valence electrons. The highest BCUT2D eigenvalue weighted by molar-refractivity contribution is 6.53. The molecule has 2 amide bonds. The molecule has 6 rings (SSSR count). The number of hydrogen-bond donors (Lipinski definition) is 3. The summed E-state index contributed by atoms with van der Waals surface area (Å²) in [6.07, 6.45) is -4.60. The van der Waals surface area contributed by atoms with E-state index in [-0.39, 0.29) is 23.8 Å². The van der Waals surface area contributed by atoms with Crippen LogP contribution in [-0.4, -0.2) is 55.7 Å². The number of carbonyl (C=O) groups is 2. The molecular formula is C34H31F3N6O3. The molecule has 0 spiro atoms. The largest absolute Gasteiger partial charge is 0.416 e. The van der Waals surface area contributed by atoms with Crippen molar-refractivity contribution < 1.29 is 27.6 Å². The Morgan fingerprint density at radius 1 is 0.891 bits per heavy atom. The number of fused-ring (bicyclic) bond motifs is 1. The van der Waals surface area contributed by atoms with Crippen LogP contribution in [0.4, 0.5) is 41.6 Å². The zero-order valence-corrected chi connectivity index (χ0v) is 24.9. The van der Waals surface area contributed by atoms with Crippen LogP contribution in [0.25, 0.3) is 0 Å². The van der Waals surface area contributed by atoms with Gasteiger partial charge in [0, 0.05) is 60.1 Å². The van der Waals surface area contributed by atoms with Gasteiger partial charge >= 0.3 is 6.18 Å². The summed E-state index contributed by atoms with van der Waals surface area (Å²) in [6.45, 7) is 2.78. The van der Waals surface area contributed by atoms with Gasteiger partial charge in [-0.05, 0) is 67.2 Å².